The van der Waals surface area contributed by atoms with E-state index in [0.29, 0.717) is 18.0 Å². The average Bonchev–Trinajstić information content (AvgIpc) is 2.50. The van der Waals surface area contributed by atoms with Crippen molar-refractivity contribution in [3.8, 4) is 0 Å². The summed E-state index contributed by atoms with van der Waals surface area (Å²) in [5.41, 5.74) is 1.87. The Kier molecular flexibility index (Phi) is 5.79. The van der Waals surface area contributed by atoms with Gasteiger partial charge in [-0.1, -0.05) is 25.5 Å². The third-order valence-electron chi connectivity index (χ3n) is 3.94. The van der Waals surface area contributed by atoms with E-state index in [4.69, 9.17) is 0 Å². The number of piperidine rings is 1. The zero-order valence-electron chi connectivity index (χ0n) is 13.1. The summed E-state index contributed by atoms with van der Waals surface area (Å²) in [6, 6.07) is 5.76. The highest BCUT2D eigenvalue weighted by Crippen LogP contribution is 2.24. The van der Waals surface area contributed by atoms with Gasteiger partial charge in [0, 0.05) is 19.6 Å². The number of aryl methyl sites for hydroxylation is 1. The molecule has 5 heteroatoms. The highest BCUT2D eigenvalue weighted by Gasteiger charge is 2.27. The molecule has 0 spiro atoms. The largest absolute Gasteiger partial charge is 0.313 e. The lowest BCUT2D eigenvalue weighted by Crippen LogP contribution is -2.36. The van der Waals surface area contributed by atoms with E-state index < -0.39 is 10.0 Å². The Labute approximate surface area is 128 Å². The van der Waals surface area contributed by atoms with E-state index in [2.05, 4.69) is 12.2 Å². The summed E-state index contributed by atoms with van der Waals surface area (Å²) in [4.78, 5) is 0.472. The van der Waals surface area contributed by atoms with E-state index >= 15 is 0 Å². The molecule has 1 heterocycles. The van der Waals surface area contributed by atoms with Crippen LogP contribution in [0.3, 0.4) is 0 Å². The number of nitrogens with zero attached hydrogens (tertiary/aromatic N) is 1. The third-order valence-corrected chi connectivity index (χ3v) is 5.98. The lowest BCUT2D eigenvalue weighted by Gasteiger charge is -2.26. The van der Waals surface area contributed by atoms with Crippen LogP contribution in [0.2, 0.25) is 0 Å². The van der Waals surface area contributed by atoms with Crippen molar-refractivity contribution < 1.29 is 8.42 Å². The molecule has 1 N–H and O–H groups in total. The lowest BCUT2D eigenvalue weighted by atomic mass is 10.1. The van der Waals surface area contributed by atoms with Crippen molar-refractivity contribution in [3.05, 3.63) is 29.3 Å². The Bertz CT molecular complexity index is 564. The number of sulfonamides is 1. The molecule has 0 amide bonds. The van der Waals surface area contributed by atoms with Crippen LogP contribution < -0.4 is 5.32 Å². The first-order chi connectivity index (χ1) is 10.1. The minimum absolute atomic E-state index is 0.472. The maximum atomic E-state index is 12.8. The summed E-state index contributed by atoms with van der Waals surface area (Å²) in [5, 5.41) is 3.32. The molecule has 21 heavy (non-hydrogen) atoms. The minimum atomic E-state index is -3.34. The molecular formula is C16H26N2O2S. The Hall–Kier alpha value is -0.910. The van der Waals surface area contributed by atoms with Crippen LogP contribution in [-0.4, -0.2) is 32.4 Å². The molecule has 4 nitrogen and oxygen atoms in total. The van der Waals surface area contributed by atoms with Crippen molar-refractivity contribution in [1.82, 2.24) is 9.62 Å². The van der Waals surface area contributed by atoms with Gasteiger partial charge in [-0.2, -0.15) is 4.31 Å². The molecule has 2 rings (SSSR count). The summed E-state index contributed by atoms with van der Waals surface area (Å²) < 4.78 is 27.2. The highest BCUT2D eigenvalue weighted by atomic mass is 32.2. The molecule has 1 aliphatic rings. The van der Waals surface area contributed by atoms with Crippen LogP contribution in [0, 0.1) is 6.92 Å². The van der Waals surface area contributed by atoms with Crippen LogP contribution in [0.5, 0.6) is 0 Å². The Balaban J connectivity index is 2.22. The molecule has 1 aromatic carbocycles. The molecule has 0 radical (unpaired) electrons. The molecule has 118 valence electrons. The van der Waals surface area contributed by atoms with E-state index in [1.54, 1.807) is 4.31 Å². The molecule has 0 bridgehead atoms. The van der Waals surface area contributed by atoms with Gasteiger partial charge in [0.1, 0.15) is 0 Å². The van der Waals surface area contributed by atoms with Crippen molar-refractivity contribution in [3.63, 3.8) is 0 Å². The first kappa shape index (κ1) is 16.5. The number of nitrogens with one attached hydrogen (secondary N) is 1. The molecule has 1 aromatic rings. The van der Waals surface area contributed by atoms with E-state index in [1.807, 2.05) is 25.1 Å². The fourth-order valence-corrected chi connectivity index (χ4v) is 4.48. The van der Waals surface area contributed by atoms with Crippen LogP contribution in [0.25, 0.3) is 0 Å². The highest BCUT2D eigenvalue weighted by molar-refractivity contribution is 7.89. The Morgan fingerprint density at radius 3 is 2.57 bits per heavy atom. The van der Waals surface area contributed by atoms with Gasteiger partial charge in [-0.05, 0) is 49.9 Å². The van der Waals surface area contributed by atoms with Gasteiger partial charge in [0.25, 0.3) is 0 Å². The monoisotopic (exact) mass is 310 g/mol. The van der Waals surface area contributed by atoms with Crippen LogP contribution in [0.1, 0.15) is 43.7 Å². The minimum Gasteiger partial charge on any atom is -0.313 e. The Morgan fingerprint density at radius 2 is 1.90 bits per heavy atom. The standard InChI is InChI=1S/C16H26N2O2S/c1-3-9-17-13-15-8-7-14(2)16(12-15)21(19,20)18-10-5-4-6-11-18/h7-8,12,17H,3-6,9-11,13H2,1-2H3. The average molecular weight is 310 g/mol. The predicted octanol–water partition coefficient (Wildman–Crippen LogP) is 2.67. The molecule has 0 unspecified atom stereocenters. The molecule has 0 atom stereocenters. The zero-order chi connectivity index (χ0) is 15.3. The van der Waals surface area contributed by atoms with Crippen molar-refractivity contribution in [2.75, 3.05) is 19.6 Å². The van der Waals surface area contributed by atoms with E-state index in [-0.39, 0.29) is 0 Å². The molecule has 1 aliphatic heterocycles. The summed E-state index contributed by atoms with van der Waals surface area (Å²) in [6.45, 7) is 6.97. The third kappa shape index (κ3) is 4.05. The first-order valence-electron chi connectivity index (χ1n) is 7.86. The van der Waals surface area contributed by atoms with Gasteiger partial charge in [-0.3, -0.25) is 0 Å². The van der Waals surface area contributed by atoms with Crippen LogP contribution in [-0.2, 0) is 16.6 Å². The van der Waals surface area contributed by atoms with Crippen LogP contribution in [0.15, 0.2) is 23.1 Å². The smallest absolute Gasteiger partial charge is 0.243 e. The molecular weight excluding hydrogens is 284 g/mol. The number of hydrogen-bond acceptors (Lipinski definition) is 3. The van der Waals surface area contributed by atoms with Gasteiger partial charge in [0.15, 0.2) is 0 Å². The van der Waals surface area contributed by atoms with Crippen molar-refractivity contribution >= 4 is 10.0 Å². The maximum absolute atomic E-state index is 12.8. The fourth-order valence-electron chi connectivity index (χ4n) is 2.69. The van der Waals surface area contributed by atoms with E-state index in [9.17, 15) is 8.42 Å². The van der Waals surface area contributed by atoms with Crippen molar-refractivity contribution in [2.45, 2.75) is 51.0 Å². The van der Waals surface area contributed by atoms with Gasteiger partial charge in [0.2, 0.25) is 10.0 Å². The quantitative estimate of drug-likeness (QED) is 0.822. The van der Waals surface area contributed by atoms with Gasteiger partial charge in [0.05, 0.1) is 4.90 Å². The lowest BCUT2D eigenvalue weighted by molar-refractivity contribution is 0.346. The predicted molar refractivity (Wildman–Crippen MR) is 85.8 cm³/mol. The van der Waals surface area contributed by atoms with Gasteiger partial charge in [-0.15, -0.1) is 0 Å². The summed E-state index contributed by atoms with van der Waals surface area (Å²) in [5.74, 6) is 0. The van der Waals surface area contributed by atoms with E-state index in [1.165, 1.54) is 0 Å². The Morgan fingerprint density at radius 1 is 1.19 bits per heavy atom. The molecule has 0 aromatic heterocycles. The SMILES string of the molecule is CCCNCc1ccc(C)c(S(=O)(=O)N2CCCCC2)c1. The van der Waals surface area contributed by atoms with Crippen molar-refractivity contribution in [2.24, 2.45) is 0 Å². The summed E-state index contributed by atoms with van der Waals surface area (Å²) in [6.07, 6.45) is 4.14. The number of hydrogen-bond donors (Lipinski definition) is 1. The van der Waals surface area contributed by atoms with Gasteiger partial charge in [-0.25, -0.2) is 8.42 Å². The molecule has 0 aliphatic carbocycles. The molecule has 0 saturated carbocycles. The summed E-state index contributed by atoms with van der Waals surface area (Å²) in [7, 11) is -3.34. The zero-order valence-corrected chi connectivity index (χ0v) is 13.9. The topological polar surface area (TPSA) is 49.4 Å². The maximum Gasteiger partial charge on any atom is 0.243 e. The van der Waals surface area contributed by atoms with Gasteiger partial charge >= 0.3 is 0 Å². The van der Waals surface area contributed by atoms with Crippen LogP contribution in [0.4, 0.5) is 0 Å². The van der Waals surface area contributed by atoms with Crippen molar-refractivity contribution in [1.29, 1.82) is 0 Å². The van der Waals surface area contributed by atoms with E-state index in [0.717, 1.165) is 49.9 Å². The van der Waals surface area contributed by atoms with Crippen LogP contribution >= 0.6 is 0 Å². The first-order valence-corrected chi connectivity index (χ1v) is 9.30. The fraction of sp³-hybridized carbons (Fsp3) is 0.625. The summed E-state index contributed by atoms with van der Waals surface area (Å²) >= 11 is 0. The van der Waals surface area contributed by atoms with Gasteiger partial charge < -0.3 is 5.32 Å². The second kappa shape index (κ2) is 7.38. The molecule has 1 saturated heterocycles. The number of rotatable bonds is 6. The second-order valence-corrected chi connectivity index (χ2v) is 7.65. The normalized spacial score (nSPS) is 17.0. The number of benzene rings is 1. The molecule has 1 fully saturated rings. The second-order valence-electron chi connectivity index (χ2n) is 5.74.